The lowest BCUT2D eigenvalue weighted by molar-refractivity contribution is -0.150. The molecule has 0 aliphatic carbocycles. The molecule has 1 rings (SSSR count). The molecule has 1 atom stereocenters. The lowest BCUT2D eigenvalue weighted by atomic mass is 10.1. The van der Waals surface area contributed by atoms with Gasteiger partial charge in [-0.15, -0.1) is 0 Å². The number of benzene rings is 1. The number of allylic oxidation sites excluding steroid dienone is 1. The molecule has 0 bridgehead atoms. The van der Waals surface area contributed by atoms with Gasteiger partial charge in [0.05, 0.1) is 11.7 Å². The summed E-state index contributed by atoms with van der Waals surface area (Å²) in [7, 11) is 1.55. The van der Waals surface area contributed by atoms with Gasteiger partial charge >= 0.3 is 18.0 Å². The van der Waals surface area contributed by atoms with Crippen LogP contribution in [0.4, 0.5) is 10.5 Å². The molecule has 0 saturated carbocycles. The average molecular weight is 501 g/mol. The third-order valence-electron chi connectivity index (χ3n) is 4.69. The Kier molecular flexibility index (Phi) is 12.1. The van der Waals surface area contributed by atoms with E-state index >= 15 is 0 Å². The van der Waals surface area contributed by atoms with Crippen LogP contribution in [-0.2, 0) is 30.3 Å². The van der Waals surface area contributed by atoms with Crippen molar-refractivity contribution in [2.24, 2.45) is 0 Å². The summed E-state index contributed by atoms with van der Waals surface area (Å²) in [5.41, 5.74) is 1.27. The number of ether oxygens (including phenoxy) is 1. The highest BCUT2D eigenvalue weighted by Crippen LogP contribution is 2.14. The van der Waals surface area contributed by atoms with E-state index in [4.69, 9.17) is 4.74 Å². The van der Waals surface area contributed by atoms with E-state index < -0.39 is 24.0 Å². The fourth-order valence-corrected chi connectivity index (χ4v) is 2.94. The van der Waals surface area contributed by atoms with Gasteiger partial charge in [-0.25, -0.2) is 14.4 Å². The normalized spacial score (nSPS) is 12.2. The van der Waals surface area contributed by atoms with Gasteiger partial charge < -0.3 is 30.7 Å². The van der Waals surface area contributed by atoms with Gasteiger partial charge in [0.2, 0.25) is 12.8 Å². The highest BCUT2D eigenvalue weighted by molar-refractivity contribution is 5.96. The number of esters is 1. The number of urea groups is 1. The number of anilines is 1. The highest BCUT2D eigenvalue weighted by Gasteiger charge is 2.21. The molecule has 194 valence electrons. The van der Waals surface area contributed by atoms with Crippen molar-refractivity contribution in [1.29, 1.82) is 0 Å². The molecule has 11 nitrogen and oxygen atoms in total. The molecule has 0 radical (unpaired) electrons. The summed E-state index contributed by atoms with van der Waals surface area (Å²) in [5.74, 6) is -1.86. The number of nitrogens with one attached hydrogen (secondary N) is 3. The van der Waals surface area contributed by atoms with Gasteiger partial charge in [0.15, 0.2) is 0 Å². The van der Waals surface area contributed by atoms with Crippen molar-refractivity contribution in [2.45, 2.75) is 39.3 Å². The number of likely N-dealkylation sites (N-methyl/N-ethyl adjacent to an activating group) is 1. The van der Waals surface area contributed by atoms with E-state index in [1.54, 1.807) is 58.2 Å². The topological polar surface area (TPSA) is 154 Å². The number of nitrogens with zero attached hydrogens (tertiary/aromatic N) is 1. The van der Waals surface area contributed by atoms with E-state index in [-0.39, 0.29) is 30.3 Å². The fourth-order valence-electron chi connectivity index (χ4n) is 2.94. The summed E-state index contributed by atoms with van der Waals surface area (Å²) in [6.45, 7) is 8.92. The van der Waals surface area contributed by atoms with E-state index in [0.29, 0.717) is 29.6 Å². The minimum absolute atomic E-state index is 0.142. The van der Waals surface area contributed by atoms with Crippen LogP contribution in [0.15, 0.2) is 59.8 Å². The highest BCUT2D eigenvalue weighted by atomic mass is 16.5. The molecule has 1 aromatic rings. The number of aliphatic carboxylic acids is 1. The van der Waals surface area contributed by atoms with Gasteiger partial charge in [0.25, 0.3) is 0 Å². The van der Waals surface area contributed by atoms with E-state index in [2.05, 4.69) is 22.5 Å². The second-order valence-electron chi connectivity index (χ2n) is 8.03. The molecule has 0 saturated heterocycles. The predicted octanol–water partition coefficient (Wildman–Crippen LogP) is 1.98. The Morgan fingerprint density at radius 2 is 1.81 bits per heavy atom. The summed E-state index contributed by atoms with van der Waals surface area (Å²) in [6.07, 6.45) is 3.88. The molecule has 0 aromatic heterocycles. The summed E-state index contributed by atoms with van der Waals surface area (Å²) < 4.78 is 5.14. The zero-order chi connectivity index (χ0) is 27.3. The van der Waals surface area contributed by atoms with Crippen molar-refractivity contribution < 1.29 is 33.8 Å². The summed E-state index contributed by atoms with van der Waals surface area (Å²) in [4.78, 5) is 59.2. The van der Waals surface area contributed by atoms with E-state index in [9.17, 15) is 29.1 Å². The predicted molar refractivity (Wildman–Crippen MR) is 134 cm³/mol. The van der Waals surface area contributed by atoms with E-state index in [0.717, 1.165) is 0 Å². The molecule has 1 unspecified atom stereocenters. The van der Waals surface area contributed by atoms with Crippen LogP contribution in [0.1, 0.15) is 26.3 Å². The number of hydrogen-bond acceptors (Lipinski definition) is 6. The minimum Gasteiger partial charge on any atom is -0.478 e. The maximum absolute atomic E-state index is 12.4. The molecular formula is C25H32N4O7. The third kappa shape index (κ3) is 10.2. The molecule has 0 fully saturated rings. The lowest BCUT2D eigenvalue weighted by Gasteiger charge is -2.17. The van der Waals surface area contributed by atoms with Gasteiger partial charge in [-0.2, -0.15) is 0 Å². The molecule has 11 heteroatoms. The first kappa shape index (κ1) is 29.6. The standard InChI is InChI=1S/C25H32N4O7/c1-6-18(13-29(5)15-31)11-21(23(32)33)17(4)27-25(35)28-20-9-7-19(8-10-20)12-22(26-14-30)24(34)36-16(2)3/h6-11,14-16,22H,4,12-13H2,1-3,5H3,(H,26,30)(H,32,33)(H2,27,28,35)/b18-6+,21-11+. The van der Waals surface area contributed by atoms with Crippen LogP contribution in [0, 0.1) is 0 Å². The number of carbonyl (C=O) groups excluding carboxylic acids is 4. The van der Waals surface area contributed by atoms with Gasteiger partial charge in [-0.3, -0.25) is 9.59 Å². The molecule has 0 heterocycles. The van der Waals surface area contributed by atoms with Crippen molar-refractivity contribution in [1.82, 2.24) is 15.5 Å². The van der Waals surface area contributed by atoms with Crippen molar-refractivity contribution in [3.05, 3.63) is 65.4 Å². The van der Waals surface area contributed by atoms with Crippen molar-refractivity contribution in [3.8, 4) is 0 Å². The zero-order valence-corrected chi connectivity index (χ0v) is 20.7. The van der Waals surface area contributed by atoms with Gasteiger partial charge in [-0.05, 0) is 50.1 Å². The van der Waals surface area contributed by atoms with Crippen LogP contribution in [0.2, 0.25) is 0 Å². The maximum Gasteiger partial charge on any atom is 0.337 e. The Balaban J connectivity index is 2.84. The van der Waals surface area contributed by atoms with Gasteiger partial charge in [0, 0.05) is 31.4 Å². The van der Waals surface area contributed by atoms with Crippen LogP contribution in [0.3, 0.4) is 0 Å². The molecule has 4 amide bonds. The van der Waals surface area contributed by atoms with Crippen LogP contribution < -0.4 is 16.0 Å². The fraction of sp³-hybridized carbons (Fsp3) is 0.320. The second kappa shape index (κ2) is 14.8. The molecule has 36 heavy (non-hydrogen) atoms. The van der Waals surface area contributed by atoms with E-state index in [1.807, 2.05) is 0 Å². The number of carboxylic acids is 1. The van der Waals surface area contributed by atoms with Crippen molar-refractivity contribution in [3.63, 3.8) is 0 Å². The van der Waals surface area contributed by atoms with Crippen LogP contribution in [-0.4, -0.2) is 66.5 Å². The smallest absolute Gasteiger partial charge is 0.337 e. The molecule has 0 aliphatic heterocycles. The zero-order valence-electron chi connectivity index (χ0n) is 20.7. The quantitative estimate of drug-likeness (QED) is 0.132. The second-order valence-corrected chi connectivity index (χ2v) is 8.03. The Labute approximate surface area is 209 Å². The van der Waals surface area contributed by atoms with Gasteiger partial charge in [0.1, 0.15) is 6.04 Å². The first-order valence-corrected chi connectivity index (χ1v) is 11.0. The van der Waals surface area contributed by atoms with E-state index in [1.165, 1.54) is 11.0 Å². The first-order chi connectivity index (χ1) is 17.0. The lowest BCUT2D eigenvalue weighted by Crippen LogP contribution is -2.40. The summed E-state index contributed by atoms with van der Waals surface area (Å²) in [5, 5.41) is 16.9. The number of hydrogen-bond donors (Lipinski definition) is 4. The molecule has 0 spiro atoms. The van der Waals surface area contributed by atoms with Crippen molar-refractivity contribution in [2.75, 3.05) is 18.9 Å². The number of carboxylic acid groups (broad SMARTS) is 1. The van der Waals surface area contributed by atoms with Crippen LogP contribution in [0.5, 0.6) is 0 Å². The van der Waals surface area contributed by atoms with Crippen molar-refractivity contribution >= 4 is 36.5 Å². The average Bonchev–Trinajstić information content (AvgIpc) is 2.81. The molecule has 4 N–H and O–H groups in total. The third-order valence-corrected chi connectivity index (χ3v) is 4.69. The molecule has 1 aromatic carbocycles. The Morgan fingerprint density at radius 3 is 2.31 bits per heavy atom. The molecule has 0 aliphatic rings. The van der Waals surface area contributed by atoms with Crippen LogP contribution >= 0.6 is 0 Å². The largest absolute Gasteiger partial charge is 0.478 e. The first-order valence-electron chi connectivity index (χ1n) is 11.0. The Hall–Kier alpha value is -4.41. The Morgan fingerprint density at radius 1 is 1.17 bits per heavy atom. The summed E-state index contributed by atoms with van der Waals surface area (Å²) >= 11 is 0. The van der Waals surface area contributed by atoms with Gasteiger partial charge in [-0.1, -0.05) is 24.8 Å². The number of carbonyl (C=O) groups is 5. The van der Waals surface area contributed by atoms with Crippen LogP contribution in [0.25, 0.3) is 0 Å². The monoisotopic (exact) mass is 500 g/mol. The maximum atomic E-state index is 12.4. The Bertz CT molecular complexity index is 1030. The summed E-state index contributed by atoms with van der Waals surface area (Å²) in [6, 6.07) is 4.93. The SMILES string of the molecule is C=C(NC(=O)Nc1ccc(CC(NC=O)C(=O)OC(C)C)cc1)/C(=C\C(=C/C)CN(C)C=O)C(=O)O. The molecular weight excluding hydrogens is 468 g/mol. The number of rotatable bonds is 14. The number of amides is 4. The minimum atomic E-state index is -1.30.